The van der Waals surface area contributed by atoms with Crippen LogP contribution in [0.15, 0.2) is 18.2 Å². The van der Waals surface area contributed by atoms with Gasteiger partial charge in [0.1, 0.15) is 0 Å². The van der Waals surface area contributed by atoms with Crippen molar-refractivity contribution in [2.45, 2.75) is 30.9 Å². The molecule has 0 spiro atoms. The van der Waals surface area contributed by atoms with E-state index >= 15 is 0 Å². The van der Waals surface area contributed by atoms with Crippen LogP contribution < -0.4 is 5.73 Å². The molecule has 1 saturated carbocycles. The highest BCUT2D eigenvalue weighted by atomic mass is 35.5. The predicted molar refractivity (Wildman–Crippen MR) is 62.3 cm³/mol. The van der Waals surface area contributed by atoms with E-state index < -0.39 is 5.60 Å². The first kappa shape index (κ1) is 11.2. The van der Waals surface area contributed by atoms with Crippen molar-refractivity contribution in [1.29, 1.82) is 0 Å². The van der Waals surface area contributed by atoms with Crippen molar-refractivity contribution in [3.8, 4) is 0 Å². The molecule has 0 aliphatic heterocycles. The van der Waals surface area contributed by atoms with Crippen LogP contribution in [0.1, 0.15) is 18.4 Å². The molecule has 0 unspecified atom stereocenters. The Morgan fingerprint density at radius 3 is 2.53 bits per heavy atom. The maximum atomic E-state index is 10.0. The molecule has 1 aromatic carbocycles. The highest BCUT2D eigenvalue weighted by Gasteiger charge is 2.40. The summed E-state index contributed by atoms with van der Waals surface area (Å²) in [4.78, 5) is 0. The summed E-state index contributed by atoms with van der Waals surface area (Å²) in [5.74, 6) is 0. The zero-order chi connectivity index (χ0) is 11.1. The normalized spacial score (nSPS) is 30.0. The number of hydrogen-bond acceptors (Lipinski definition) is 2. The number of rotatable bonds is 2. The standard InChI is InChI=1S/C11H13Cl2NO/c12-9-2-1-7(3-10(9)13)4-11(15)5-8(14)6-11/h1-3,8,15H,4-6,14H2. The summed E-state index contributed by atoms with van der Waals surface area (Å²) in [6.45, 7) is 0. The zero-order valence-electron chi connectivity index (χ0n) is 8.21. The van der Waals surface area contributed by atoms with Crippen molar-refractivity contribution >= 4 is 23.2 Å². The molecule has 0 saturated heterocycles. The molecule has 0 bridgehead atoms. The van der Waals surface area contributed by atoms with Gasteiger partial charge in [-0.3, -0.25) is 0 Å². The van der Waals surface area contributed by atoms with Crippen molar-refractivity contribution in [2.24, 2.45) is 5.73 Å². The van der Waals surface area contributed by atoms with E-state index in [4.69, 9.17) is 28.9 Å². The number of hydrogen-bond donors (Lipinski definition) is 2. The van der Waals surface area contributed by atoms with Gasteiger partial charge >= 0.3 is 0 Å². The number of nitrogens with two attached hydrogens (primary N) is 1. The molecular formula is C11H13Cl2NO. The molecule has 15 heavy (non-hydrogen) atoms. The lowest BCUT2D eigenvalue weighted by atomic mass is 9.73. The fraction of sp³-hybridized carbons (Fsp3) is 0.455. The van der Waals surface area contributed by atoms with Gasteiger partial charge in [0.25, 0.3) is 0 Å². The monoisotopic (exact) mass is 245 g/mol. The summed E-state index contributed by atoms with van der Waals surface area (Å²) in [5.41, 5.74) is 6.01. The van der Waals surface area contributed by atoms with Crippen molar-refractivity contribution in [3.63, 3.8) is 0 Å². The lowest BCUT2D eigenvalue weighted by Crippen LogP contribution is -2.52. The van der Waals surface area contributed by atoms with E-state index in [0.717, 1.165) is 5.56 Å². The van der Waals surface area contributed by atoms with E-state index in [2.05, 4.69) is 0 Å². The summed E-state index contributed by atoms with van der Waals surface area (Å²) in [7, 11) is 0. The third-order valence-electron chi connectivity index (χ3n) is 2.80. The fourth-order valence-corrected chi connectivity index (χ4v) is 2.41. The van der Waals surface area contributed by atoms with Gasteiger partial charge in [-0.1, -0.05) is 29.3 Å². The topological polar surface area (TPSA) is 46.2 Å². The first-order valence-electron chi connectivity index (χ1n) is 4.90. The maximum Gasteiger partial charge on any atom is 0.0717 e. The second kappa shape index (κ2) is 3.95. The molecule has 4 heteroatoms. The Hall–Kier alpha value is -0.280. The van der Waals surface area contributed by atoms with Crippen LogP contribution in [-0.4, -0.2) is 16.7 Å². The van der Waals surface area contributed by atoms with Gasteiger partial charge in [-0.15, -0.1) is 0 Å². The molecule has 1 aromatic rings. The van der Waals surface area contributed by atoms with Crippen LogP contribution in [0.3, 0.4) is 0 Å². The summed E-state index contributed by atoms with van der Waals surface area (Å²) in [6, 6.07) is 5.57. The van der Waals surface area contributed by atoms with Crippen LogP contribution in [0.4, 0.5) is 0 Å². The first-order valence-corrected chi connectivity index (χ1v) is 5.66. The van der Waals surface area contributed by atoms with Crippen LogP contribution in [0.5, 0.6) is 0 Å². The Morgan fingerprint density at radius 2 is 2.00 bits per heavy atom. The molecule has 1 fully saturated rings. The van der Waals surface area contributed by atoms with Crippen LogP contribution in [0, 0.1) is 0 Å². The Morgan fingerprint density at radius 1 is 1.33 bits per heavy atom. The summed E-state index contributed by atoms with van der Waals surface area (Å²) in [5, 5.41) is 11.1. The average Bonchev–Trinajstić information content (AvgIpc) is 2.09. The van der Waals surface area contributed by atoms with Crippen molar-refractivity contribution in [1.82, 2.24) is 0 Å². The molecule has 82 valence electrons. The first-order chi connectivity index (χ1) is 6.98. The largest absolute Gasteiger partial charge is 0.389 e. The van der Waals surface area contributed by atoms with E-state index in [1.54, 1.807) is 12.1 Å². The van der Waals surface area contributed by atoms with Gasteiger partial charge in [-0.2, -0.15) is 0 Å². The average molecular weight is 246 g/mol. The van der Waals surface area contributed by atoms with Crippen molar-refractivity contribution < 1.29 is 5.11 Å². The Bertz CT molecular complexity index is 375. The van der Waals surface area contributed by atoms with Gasteiger partial charge < -0.3 is 10.8 Å². The number of aliphatic hydroxyl groups is 1. The minimum atomic E-state index is -0.642. The fourth-order valence-electron chi connectivity index (χ4n) is 2.09. The Kier molecular flexibility index (Phi) is 2.95. The van der Waals surface area contributed by atoms with Gasteiger partial charge in [0, 0.05) is 12.5 Å². The van der Waals surface area contributed by atoms with Crippen LogP contribution in [0.2, 0.25) is 10.0 Å². The summed E-state index contributed by atoms with van der Waals surface area (Å²) < 4.78 is 0. The van der Waals surface area contributed by atoms with E-state index in [1.807, 2.05) is 6.07 Å². The van der Waals surface area contributed by atoms with Crippen LogP contribution >= 0.6 is 23.2 Å². The lowest BCUT2D eigenvalue weighted by Gasteiger charge is -2.42. The molecule has 0 radical (unpaired) electrons. The Balaban J connectivity index is 2.08. The van der Waals surface area contributed by atoms with Crippen LogP contribution in [-0.2, 0) is 6.42 Å². The van der Waals surface area contributed by atoms with E-state index in [9.17, 15) is 5.11 Å². The van der Waals surface area contributed by atoms with Crippen molar-refractivity contribution in [2.75, 3.05) is 0 Å². The molecule has 1 aliphatic rings. The molecule has 1 aliphatic carbocycles. The highest BCUT2D eigenvalue weighted by Crippen LogP contribution is 2.35. The van der Waals surface area contributed by atoms with Gasteiger partial charge in [-0.05, 0) is 30.5 Å². The molecule has 0 aromatic heterocycles. The molecule has 0 amide bonds. The molecular weight excluding hydrogens is 233 g/mol. The van der Waals surface area contributed by atoms with Crippen LogP contribution in [0.25, 0.3) is 0 Å². The quantitative estimate of drug-likeness (QED) is 0.841. The van der Waals surface area contributed by atoms with Gasteiger partial charge in [0.15, 0.2) is 0 Å². The molecule has 2 nitrogen and oxygen atoms in total. The summed E-state index contributed by atoms with van der Waals surface area (Å²) >= 11 is 11.7. The second-order valence-corrected chi connectivity index (χ2v) is 5.13. The third-order valence-corrected chi connectivity index (χ3v) is 3.54. The third kappa shape index (κ3) is 2.45. The maximum absolute atomic E-state index is 10.0. The zero-order valence-corrected chi connectivity index (χ0v) is 9.72. The molecule has 3 N–H and O–H groups in total. The van der Waals surface area contributed by atoms with Gasteiger partial charge in [0.05, 0.1) is 15.6 Å². The number of halogens is 2. The summed E-state index contributed by atoms with van der Waals surface area (Å²) in [6.07, 6.45) is 1.91. The minimum Gasteiger partial charge on any atom is -0.389 e. The Labute approximate surface area is 99.0 Å². The van der Waals surface area contributed by atoms with Gasteiger partial charge in [-0.25, -0.2) is 0 Å². The molecule has 2 rings (SSSR count). The van der Waals surface area contributed by atoms with E-state index in [0.29, 0.717) is 29.3 Å². The number of benzene rings is 1. The second-order valence-electron chi connectivity index (χ2n) is 4.32. The van der Waals surface area contributed by atoms with E-state index in [1.165, 1.54) is 0 Å². The van der Waals surface area contributed by atoms with Crippen molar-refractivity contribution in [3.05, 3.63) is 33.8 Å². The smallest absolute Gasteiger partial charge is 0.0717 e. The highest BCUT2D eigenvalue weighted by molar-refractivity contribution is 6.42. The molecule has 0 heterocycles. The van der Waals surface area contributed by atoms with Gasteiger partial charge in [0.2, 0.25) is 0 Å². The predicted octanol–water partition coefficient (Wildman–Crippen LogP) is 2.39. The lowest BCUT2D eigenvalue weighted by molar-refractivity contribution is -0.0455. The minimum absolute atomic E-state index is 0.137. The SMILES string of the molecule is NC1CC(O)(Cc2ccc(Cl)c(Cl)c2)C1. The van der Waals surface area contributed by atoms with E-state index in [-0.39, 0.29) is 6.04 Å². The molecule has 0 atom stereocenters.